The van der Waals surface area contributed by atoms with E-state index in [-0.39, 0.29) is 25.0 Å². The average Bonchev–Trinajstić information content (AvgIpc) is 2.83. The van der Waals surface area contributed by atoms with Gasteiger partial charge in [0.25, 0.3) is 5.91 Å². The van der Waals surface area contributed by atoms with Crippen molar-refractivity contribution in [2.45, 2.75) is 32.9 Å². The molecule has 5 nitrogen and oxygen atoms in total. The Kier molecular flexibility index (Phi) is 9.37. The molecule has 3 rings (SSSR count). The molecule has 0 fully saturated rings. The number of benzene rings is 3. The zero-order valence-corrected chi connectivity index (χ0v) is 20.8. The fourth-order valence-electron chi connectivity index (χ4n) is 3.56. The third-order valence-corrected chi connectivity index (χ3v) is 6.10. The van der Waals surface area contributed by atoms with Gasteiger partial charge in [0.2, 0.25) is 5.91 Å². The van der Waals surface area contributed by atoms with Crippen LogP contribution >= 0.6 is 23.2 Å². The van der Waals surface area contributed by atoms with Gasteiger partial charge in [-0.25, -0.2) is 0 Å². The molecular weight excluding hydrogens is 471 g/mol. The Labute approximate surface area is 210 Å². The largest absolute Gasteiger partial charge is 0.484 e. The second-order valence-electron chi connectivity index (χ2n) is 7.92. The standard InChI is InChI=1S/C27H28Cl2N2O3/c1-3-30-27(33)25(16-20-8-5-4-6-9-20)31(17-22-23(28)10-7-11-24(22)29)26(32)18-34-21-14-12-19(2)13-15-21/h4-15,25H,3,16-18H2,1-2H3,(H,30,33). The molecule has 3 aromatic rings. The minimum Gasteiger partial charge on any atom is -0.484 e. The fourth-order valence-corrected chi connectivity index (χ4v) is 4.08. The Morgan fingerprint density at radius 3 is 2.21 bits per heavy atom. The molecule has 0 radical (unpaired) electrons. The predicted molar refractivity (Wildman–Crippen MR) is 136 cm³/mol. The molecule has 0 saturated heterocycles. The SMILES string of the molecule is CCNC(=O)C(Cc1ccccc1)N(Cc1c(Cl)cccc1Cl)C(=O)COc1ccc(C)cc1. The summed E-state index contributed by atoms with van der Waals surface area (Å²) in [5.41, 5.74) is 2.60. The third-order valence-electron chi connectivity index (χ3n) is 5.40. The van der Waals surface area contributed by atoms with E-state index in [0.29, 0.717) is 34.3 Å². The third kappa shape index (κ3) is 6.99. The lowest BCUT2D eigenvalue weighted by atomic mass is 10.0. The Morgan fingerprint density at radius 1 is 0.941 bits per heavy atom. The Balaban J connectivity index is 1.93. The maximum Gasteiger partial charge on any atom is 0.261 e. The van der Waals surface area contributed by atoms with Gasteiger partial charge in [0.15, 0.2) is 6.61 Å². The molecule has 2 amide bonds. The van der Waals surface area contributed by atoms with Crippen molar-refractivity contribution >= 4 is 35.0 Å². The highest BCUT2D eigenvalue weighted by Crippen LogP contribution is 2.27. The van der Waals surface area contributed by atoms with Gasteiger partial charge >= 0.3 is 0 Å². The second kappa shape index (κ2) is 12.4. The highest BCUT2D eigenvalue weighted by Gasteiger charge is 2.31. The normalized spacial score (nSPS) is 11.5. The lowest BCUT2D eigenvalue weighted by Crippen LogP contribution is -2.51. The Bertz CT molecular complexity index is 1080. The van der Waals surface area contributed by atoms with Gasteiger partial charge in [-0.2, -0.15) is 0 Å². The van der Waals surface area contributed by atoms with Crippen LogP contribution in [0.5, 0.6) is 5.75 Å². The number of rotatable bonds is 10. The Morgan fingerprint density at radius 2 is 1.59 bits per heavy atom. The molecule has 3 aromatic carbocycles. The van der Waals surface area contributed by atoms with Crippen molar-refractivity contribution in [2.24, 2.45) is 0 Å². The van der Waals surface area contributed by atoms with Crippen molar-refractivity contribution in [1.29, 1.82) is 0 Å². The van der Waals surface area contributed by atoms with Gasteiger partial charge in [-0.15, -0.1) is 0 Å². The summed E-state index contributed by atoms with van der Waals surface area (Å²) in [4.78, 5) is 28.1. The highest BCUT2D eigenvalue weighted by atomic mass is 35.5. The fraction of sp³-hybridized carbons (Fsp3) is 0.259. The van der Waals surface area contributed by atoms with E-state index in [2.05, 4.69) is 5.32 Å². The molecule has 0 bridgehead atoms. The first-order valence-electron chi connectivity index (χ1n) is 11.1. The van der Waals surface area contributed by atoms with Gasteiger partial charge < -0.3 is 15.0 Å². The summed E-state index contributed by atoms with van der Waals surface area (Å²) >= 11 is 12.8. The molecule has 1 unspecified atom stereocenters. The van der Waals surface area contributed by atoms with Gasteiger partial charge in [-0.1, -0.05) is 77.3 Å². The number of halogens is 2. The van der Waals surface area contributed by atoms with Crippen LogP contribution in [0.2, 0.25) is 10.0 Å². The lowest BCUT2D eigenvalue weighted by molar-refractivity contribution is -0.142. The summed E-state index contributed by atoms with van der Waals surface area (Å²) in [7, 11) is 0. The minimum atomic E-state index is -0.774. The van der Waals surface area contributed by atoms with Gasteiger partial charge in [-0.3, -0.25) is 9.59 Å². The molecule has 34 heavy (non-hydrogen) atoms. The summed E-state index contributed by atoms with van der Waals surface area (Å²) in [5, 5.41) is 3.72. The molecule has 7 heteroatoms. The highest BCUT2D eigenvalue weighted by molar-refractivity contribution is 6.36. The number of carbonyl (C=O) groups is 2. The smallest absolute Gasteiger partial charge is 0.261 e. The molecular formula is C27H28Cl2N2O3. The first kappa shape index (κ1) is 25.6. The minimum absolute atomic E-state index is 0.0727. The summed E-state index contributed by atoms with van der Waals surface area (Å²) in [5.74, 6) is -0.0192. The van der Waals surface area contributed by atoms with Gasteiger partial charge in [0.1, 0.15) is 11.8 Å². The van der Waals surface area contributed by atoms with Crippen LogP contribution < -0.4 is 10.1 Å². The molecule has 0 aliphatic heterocycles. The molecule has 0 aromatic heterocycles. The van der Waals surface area contributed by atoms with Gasteiger partial charge in [-0.05, 0) is 43.7 Å². The van der Waals surface area contributed by atoms with E-state index >= 15 is 0 Å². The number of hydrogen-bond donors (Lipinski definition) is 1. The summed E-state index contributed by atoms with van der Waals surface area (Å²) in [6.07, 6.45) is 0.338. The van der Waals surface area contributed by atoms with Crippen molar-refractivity contribution in [1.82, 2.24) is 10.2 Å². The maximum absolute atomic E-state index is 13.5. The molecule has 0 aliphatic carbocycles. The predicted octanol–water partition coefficient (Wildman–Crippen LogP) is 5.46. The average molecular weight is 499 g/mol. The molecule has 0 spiro atoms. The van der Waals surface area contributed by atoms with Crippen LogP contribution in [0.25, 0.3) is 0 Å². The van der Waals surface area contributed by atoms with Crippen molar-refractivity contribution in [2.75, 3.05) is 13.2 Å². The van der Waals surface area contributed by atoms with Crippen LogP contribution in [0, 0.1) is 6.92 Å². The summed E-state index contributed by atoms with van der Waals surface area (Å²) in [6.45, 7) is 4.11. The Hall–Kier alpha value is -3.02. The number of ether oxygens (including phenoxy) is 1. The molecule has 1 atom stereocenters. The number of hydrogen-bond acceptors (Lipinski definition) is 3. The quantitative estimate of drug-likeness (QED) is 0.403. The molecule has 0 heterocycles. The molecule has 178 valence electrons. The summed E-state index contributed by atoms with van der Waals surface area (Å²) in [6, 6.07) is 21.4. The van der Waals surface area contributed by atoms with E-state index in [0.717, 1.165) is 11.1 Å². The van der Waals surface area contributed by atoms with Crippen LogP contribution in [-0.2, 0) is 22.6 Å². The number of carbonyl (C=O) groups excluding carboxylic acids is 2. The van der Waals surface area contributed by atoms with Crippen molar-refractivity contribution in [3.8, 4) is 5.75 Å². The van der Waals surface area contributed by atoms with Crippen LogP contribution in [0.15, 0.2) is 72.8 Å². The molecule has 0 aliphatic rings. The number of aryl methyl sites for hydroxylation is 1. The van der Waals surface area contributed by atoms with E-state index in [1.807, 2.05) is 68.4 Å². The second-order valence-corrected chi connectivity index (χ2v) is 8.74. The van der Waals surface area contributed by atoms with E-state index in [9.17, 15) is 9.59 Å². The first-order chi connectivity index (χ1) is 16.4. The molecule has 0 saturated carbocycles. The van der Waals surface area contributed by atoms with Crippen molar-refractivity contribution in [3.63, 3.8) is 0 Å². The van der Waals surface area contributed by atoms with E-state index < -0.39 is 6.04 Å². The van der Waals surface area contributed by atoms with Gasteiger partial charge in [0, 0.05) is 35.1 Å². The van der Waals surface area contributed by atoms with E-state index in [1.54, 1.807) is 18.2 Å². The number of nitrogens with zero attached hydrogens (tertiary/aromatic N) is 1. The number of amides is 2. The van der Waals surface area contributed by atoms with Crippen molar-refractivity contribution < 1.29 is 14.3 Å². The summed E-state index contributed by atoms with van der Waals surface area (Å²) < 4.78 is 5.75. The van der Waals surface area contributed by atoms with E-state index in [4.69, 9.17) is 27.9 Å². The first-order valence-corrected chi connectivity index (χ1v) is 11.9. The zero-order valence-electron chi connectivity index (χ0n) is 19.3. The lowest BCUT2D eigenvalue weighted by Gasteiger charge is -2.32. The monoisotopic (exact) mass is 498 g/mol. The topological polar surface area (TPSA) is 58.6 Å². The van der Waals surface area contributed by atoms with Crippen LogP contribution in [0.1, 0.15) is 23.6 Å². The number of nitrogens with one attached hydrogen (secondary N) is 1. The van der Waals surface area contributed by atoms with Crippen molar-refractivity contribution in [3.05, 3.63) is 99.5 Å². The zero-order chi connectivity index (χ0) is 24.5. The number of likely N-dealkylation sites (N-methyl/N-ethyl adjacent to an activating group) is 1. The van der Waals surface area contributed by atoms with Crippen LogP contribution in [0.4, 0.5) is 0 Å². The van der Waals surface area contributed by atoms with Gasteiger partial charge in [0.05, 0.1) is 0 Å². The van der Waals surface area contributed by atoms with E-state index in [1.165, 1.54) is 4.90 Å². The van der Waals surface area contributed by atoms with Crippen LogP contribution in [0.3, 0.4) is 0 Å². The molecule has 1 N–H and O–H groups in total. The van der Waals surface area contributed by atoms with Crippen LogP contribution in [-0.4, -0.2) is 35.9 Å². The maximum atomic E-state index is 13.5.